The van der Waals surface area contributed by atoms with E-state index in [0.29, 0.717) is 37.3 Å². The van der Waals surface area contributed by atoms with Gasteiger partial charge < -0.3 is 9.47 Å². The van der Waals surface area contributed by atoms with Gasteiger partial charge in [-0.2, -0.15) is 0 Å². The summed E-state index contributed by atoms with van der Waals surface area (Å²) in [6.45, 7) is 4.52. The average Bonchev–Trinajstić information content (AvgIpc) is 3.42. The fourth-order valence-corrected chi connectivity index (χ4v) is 5.31. The Morgan fingerprint density at radius 2 is 1.29 bits per heavy atom. The Kier molecular flexibility index (Phi) is 11.1. The van der Waals surface area contributed by atoms with Crippen molar-refractivity contribution in [3.8, 4) is 0 Å². The lowest BCUT2D eigenvalue weighted by molar-refractivity contribution is 0.138. The molecule has 0 saturated carbocycles. The molecular formula is C26H35F2N3O8S2. The summed E-state index contributed by atoms with van der Waals surface area (Å²) in [5.74, 6) is -1.75. The molecule has 4 rings (SSSR count). The molecule has 2 aliphatic heterocycles. The van der Waals surface area contributed by atoms with Crippen molar-refractivity contribution < 1.29 is 44.7 Å². The van der Waals surface area contributed by atoms with Gasteiger partial charge in [0.1, 0.15) is 23.8 Å². The van der Waals surface area contributed by atoms with Gasteiger partial charge in [0.2, 0.25) is 10.0 Å². The number of anilines is 3. The van der Waals surface area contributed by atoms with Crippen molar-refractivity contribution in [3.63, 3.8) is 0 Å². The number of carbonyl (C=O) groups excluding carboxylic acids is 2. The molecule has 41 heavy (non-hydrogen) atoms. The number of hydrogen-bond acceptors (Lipinski definition) is 8. The number of ether oxygens (including phenoxy) is 2. The minimum Gasteiger partial charge on any atom is -0.444 e. The Morgan fingerprint density at radius 3 is 1.66 bits per heavy atom. The smallest absolute Gasteiger partial charge is 0.414 e. The summed E-state index contributed by atoms with van der Waals surface area (Å²) in [6.07, 6.45) is 1.91. The zero-order chi connectivity index (χ0) is 29.8. The molecule has 0 aliphatic carbocycles. The Balaban J connectivity index is 0.000000280. The van der Waals surface area contributed by atoms with Crippen LogP contribution in [0.2, 0.25) is 0 Å². The van der Waals surface area contributed by atoms with E-state index in [9.17, 15) is 35.2 Å². The van der Waals surface area contributed by atoms with E-state index in [4.69, 9.17) is 9.47 Å². The van der Waals surface area contributed by atoms with Crippen molar-refractivity contribution in [3.05, 3.63) is 53.6 Å². The molecule has 228 valence electrons. The lowest BCUT2D eigenvalue weighted by Crippen LogP contribution is -2.24. The molecule has 1 N–H and O–H groups in total. The normalized spacial score (nSPS) is 18.7. The molecule has 0 radical (unpaired) electrons. The van der Waals surface area contributed by atoms with Gasteiger partial charge in [-0.3, -0.25) is 14.5 Å². The van der Waals surface area contributed by atoms with Crippen molar-refractivity contribution in [1.29, 1.82) is 0 Å². The second kappa shape index (κ2) is 13.5. The number of nitrogens with one attached hydrogen (secondary N) is 1. The minimum absolute atomic E-state index is 0. The van der Waals surface area contributed by atoms with E-state index in [1.54, 1.807) is 0 Å². The van der Waals surface area contributed by atoms with E-state index < -0.39 is 43.7 Å². The summed E-state index contributed by atoms with van der Waals surface area (Å²) in [5, 5.41) is 0. The van der Waals surface area contributed by atoms with Crippen molar-refractivity contribution in [2.75, 3.05) is 40.1 Å². The zero-order valence-corrected chi connectivity index (χ0v) is 24.0. The maximum Gasteiger partial charge on any atom is 0.414 e. The maximum atomic E-state index is 13.9. The molecule has 2 saturated heterocycles. The molecule has 0 aromatic heterocycles. The number of sulfonamides is 1. The number of sulfone groups is 1. The number of carbonyl (C=O) groups is 2. The number of rotatable bonds is 8. The summed E-state index contributed by atoms with van der Waals surface area (Å²) in [4.78, 5) is 26.0. The molecule has 2 fully saturated rings. The summed E-state index contributed by atoms with van der Waals surface area (Å²) >= 11 is 0. The fourth-order valence-electron chi connectivity index (χ4n) is 3.95. The topological polar surface area (TPSA) is 139 Å². The van der Waals surface area contributed by atoms with Gasteiger partial charge in [0.15, 0.2) is 9.84 Å². The minimum atomic E-state index is -3.55. The van der Waals surface area contributed by atoms with Gasteiger partial charge in [0.25, 0.3) is 0 Å². The summed E-state index contributed by atoms with van der Waals surface area (Å²) in [7, 11) is -6.85. The number of benzene rings is 2. The number of hydrogen-bond donors (Lipinski definition) is 1. The number of nitrogens with zero attached hydrogens (tertiary/aromatic N) is 2. The van der Waals surface area contributed by atoms with Crippen LogP contribution >= 0.6 is 0 Å². The van der Waals surface area contributed by atoms with Gasteiger partial charge in [0.05, 0.1) is 42.2 Å². The van der Waals surface area contributed by atoms with Crippen molar-refractivity contribution in [1.82, 2.24) is 0 Å². The van der Waals surface area contributed by atoms with E-state index in [0.717, 1.165) is 18.6 Å². The van der Waals surface area contributed by atoms with Crippen molar-refractivity contribution in [2.24, 2.45) is 0 Å². The van der Waals surface area contributed by atoms with Crippen LogP contribution in [0, 0.1) is 11.6 Å². The molecule has 15 heteroatoms. The highest BCUT2D eigenvalue weighted by Crippen LogP contribution is 2.27. The van der Waals surface area contributed by atoms with E-state index in [1.165, 1.54) is 40.1 Å². The van der Waals surface area contributed by atoms with Crippen LogP contribution < -0.4 is 14.5 Å². The van der Waals surface area contributed by atoms with Crippen LogP contribution in [-0.2, 0) is 35.1 Å². The van der Waals surface area contributed by atoms with E-state index >= 15 is 0 Å². The lowest BCUT2D eigenvalue weighted by atomic mass is 10.2. The zero-order valence-electron chi connectivity index (χ0n) is 22.4. The Bertz CT molecular complexity index is 1370. The van der Waals surface area contributed by atoms with Crippen LogP contribution in [0.25, 0.3) is 0 Å². The van der Waals surface area contributed by atoms with Gasteiger partial charge in [-0.15, -0.1) is 0 Å². The van der Waals surface area contributed by atoms with Crippen LogP contribution in [0.5, 0.6) is 0 Å². The molecule has 2 heterocycles. The van der Waals surface area contributed by atoms with Crippen LogP contribution in [0.1, 0.15) is 39.7 Å². The molecule has 0 bridgehead atoms. The van der Waals surface area contributed by atoms with Crippen molar-refractivity contribution in [2.45, 2.75) is 52.1 Å². The predicted molar refractivity (Wildman–Crippen MR) is 152 cm³/mol. The van der Waals surface area contributed by atoms with Crippen LogP contribution in [0.3, 0.4) is 0 Å². The molecule has 2 amide bonds. The Morgan fingerprint density at radius 1 is 0.829 bits per heavy atom. The fraction of sp³-hybridized carbons (Fsp3) is 0.462. The average molecular weight is 620 g/mol. The Labute approximate surface area is 239 Å². The van der Waals surface area contributed by atoms with E-state index in [-0.39, 0.29) is 36.6 Å². The highest BCUT2D eigenvalue weighted by atomic mass is 32.2. The number of halogens is 2. The molecular weight excluding hydrogens is 584 g/mol. The first-order valence-electron chi connectivity index (χ1n) is 12.3. The van der Waals surface area contributed by atoms with Crippen LogP contribution in [0.15, 0.2) is 36.4 Å². The third kappa shape index (κ3) is 9.28. The summed E-state index contributed by atoms with van der Waals surface area (Å²) in [6, 6.07) is 7.93. The first-order chi connectivity index (χ1) is 18.6. The van der Waals surface area contributed by atoms with Gasteiger partial charge in [-0.1, -0.05) is 27.3 Å². The summed E-state index contributed by atoms with van der Waals surface area (Å²) < 4.78 is 84.5. The molecule has 2 aliphatic rings. The Hall–Kier alpha value is -3.46. The van der Waals surface area contributed by atoms with Gasteiger partial charge >= 0.3 is 12.2 Å². The van der Waals surface area contributed by atoms with Gasteiger partial charge in [-0.25, -0.2) is 35.2 Å². The molecule has 0 spiro atoms. The highest BCUT2D eigenvalue weighted by Gasteiger charge is 2.32. The highest BCUT2D eigenvalue weighted by molar-refractivity contribution is 7.92. The first-order valence-corrected chi connectivity index (χ1v) is 16.2. The maximum absolute atomic E-state index is 13.9. The molecule has 11 nitrogen and oxygen atoms in total. The number of amides is 2. The van der Waals surface area contributed by atoms with Crippen LogP contribution in [0.4, 0.5) is 35.4 Å². The second-order valence-corrected chi connectivity index (χ2v) is 13.3. The monoisotopic (exact) mass is 619 g/mol. The van der Waals surface area contributed by atoms with Gasteiger partial charge in [-0.05, 0) is 43.2 Å². The quantitative estimate of drug-likeness (QED) is 0.450. The SMILES string of the molecule is C.CC[C@H]1CN(c2ccc(CS(C)(=O)=O)c(F)c2)C(=O)O1.CC[C@H]1CN(c2ccc(NS(C)(=O)=O)c(F)c2)C(=O)O1. The lowest BCUT2D eigenvalue weighted by Gasteiger charge is -2.14. The standard InChI is InChI=1S/C13H16FNO4S.C12H15FN2O4S.CH4/c1-3-11-7-15(13(16)19-11)10-5-4-9(12(14)6-10)8-20(2,17)18;1-3-9-7-15(12(16)19-9)8-4-5-11(10(13)6-8)14-20(2,17)18;/h4-6,11H,3,7-8H2,1-2H3;4-6,9,14H,3,7H2,1-2H3;1H4/t11-;9-;/m00./s1. The third-order valence-corrected chi connectivity index (χ3v) is 7.41. The third-order valence-electron chi connectivity index (χ3n) is 5.98. The predicted octanol–water partition coefficient (Wildman–Crippen LogP) is 4.67. The first kappa shape index (κ1) is 33.7. The largest absolute Gasteiger partial charge is 0.444 e. The summed E-state index contributed by atoms with van der Waals surface area (Å²) in [5.41, 5.74) is 0.648. The molecule has 0 unspecified atom stereocenters. The van der Waals surface area contributed by atoms with Crippen molar-refractivity contribution >= 4 is 49.1 Å². The molecule has 2 aromatic carbocycles. The van der Waals surface area contributed by atoms with Crippen LogP contribution in [-0.4, -0.2) is 66.8 Å². The molecule has 2 aromatic rings. The van der Waals surface area contributed by atoms with E-state index in [2.05, 4.69) is 4.72 Å². The van der Waals surface area contributed by atoms with E-state index in [1.807, 2.05) is 13.8 Å². The molecule has 2 atom stereocenters. The number of cyclic esters (lactones) is 2. The second-order valence-electron chi connectivity index (χ2n) is 9.43. The van der Waals surface area contributed by atoms with Gasteiger partial charge in [0, 0.05) is 11.8 Å².